The molecule has 0 N–H and O–H groups in total. The first-order valence-corrected chi connectivity index (χ1v) is 9.57. The van der Waals surface area contributed by atoms with Gasteiger partial charge in [-0.3, -0.25) is 0 Å². The van der Waals surface area contributed by atoms with E-state index in [-0.39, 0.29) is 0 Å². The Morgan fingerprint density at radius 2 is 1.30 bits per heavy atom. The molecular formula is C26H25N. The van der Waals surface area contributed by atoms with Crippen molar-refractivity contribution in [2.24, 2.45) is 0 Å². The van der Waals surface area contributed by atoms with Crippen LogP contribution >= 0.6 is 0 Å². The van der Waals surface area contributed by atoms with Crippen molar-refractivity contribution >= 4 is 22.1 Å². The lowest BCUT2D eigenvalue weighted by atomic mass is 10.0. The number of nitrogens with zero attached hydrogens (tertiary/aromatic N) is 1. The highest BCUT2D eigenvalue weighted by Crippen LogP contribution is 2.31. The number of anilines is 2. The molecule has 4 rings (SSSR count). The van der Waals surface area contributed by atoms with Gasteiger partial charge in [0.1, 0.15) is 0 Å². The molecule has 0 radical (unpaired) electrons. The van der Waals surface area contributed by atoms with Gasteiger partial charge < -0.3 is 4.90 Å². The molecule has 0 aliphatic carbocycles. The maximum Gasteiger partial charge on any atom is 0.0415 e. The molecule has 27 heavy (non-hydrogen) atoms. The summed E-state index contributed by atoms with van der Waals surface area (Å²) >= 11 is 0. The third-order valence-corrected chi connectivity index (χ3v) is 5.02. The molecule has 0 atom stereocenters. The zero-order valence-electron chi connectivity index (χ0n) is 16.2. The molecule has 0 saturated carbocycles. The summed E-state index contributed by atoms with van der Waals surface area (Å²) in [4.78, 5) is 2.39. The summed E-state index contributed by atoms with van der Waals surface area (Å²) < 4.78 is 0. The molecule has 4 aromatic carbocycles. The summed E-state index contributed by atoms with van der Waals surface area (Å²) in [5.74, 6) is 0. The Kier molecular flexibility index (Phi) is 4.68. The zero-order chi connectivity index (χ0) is 18.8. The summed E-state index contributed by atoms with van der Waals surface area (Å²) in [6.45, 7) is 6.62. The van der Waals surface area contributed by atoms with Crippen molar-refractivity contribution in [3.05, 3.63) is 96.6 Å². The van der Waals surface area contributed by atoms with Gasteiger partial charge in [0.05, 0.1) is 0 Å². The number of rotatable bonds is 4. The summed E-state index contributed by atoms with van der Waals surface area (Å²) in [6, 6.07) is 33.2. The highest BCUT2D eigenvalue weighted by Gasteiger charge is 2.13. The first-order valence-electron chi connectivity index (χ1n) is 9.57. The molecule has 1 heteroatoms. The second-order valence-corrected chi connectivity index (χ2v) is 7.41. The Bertz CT molecular complexity index is 1060. The predicted molar refractivity (Wildman–Crippen MR) is 118 cm³/mol. The molecule has 0 aromatic heterocycles. The van der Waals surface area contributed by atoms with Crippen LogP contribution in [0, 0.1) is 6.92 Å². The van der Waals surface area contributed by atoms with Gasteiger partial charge in [-0.25, -0.2) is 0 Å². The van der Waals surface area contributed by atoms with Crippen LogP contribution < -0.4 is 4.90 Å². The van der Waals surface area contributed by atoms with Crippen molar-refractivity contribution < 1.29 is 0 Å². The fourth-order valence-electron chi connectivity index (χ4n) is 3.71. The third-order valence-electron chi connectivity index (χ3n) is 5.02. The standard InChI is InChI=1S/C26H25N/c1-19(2)27(26-10-6-7-20(3)17-26)25-15-13-22(14-16-25)24-12-11-21-8-4-5-9-23(21)18-24/h4-19H,1-3H3. The first-order chi connectivity index (χ1) is 13.1. The van der Waals surface area contributed by atoms with Crippen LogP contribution in [-0.2, 0) is 0 Å². The van der Waals surface area contributed by atoms with Crippen molar-refractivity contribution in [2.45, 2.75) is 26.8 Å². The molecule has 0 aliphatic rings. The van der Waals surface area contributed by atoms with E-state index in [1.54, 1.807) is 0 Å². The molecular weight excluding hydrogens is 326 g/mol. The molecule has 4 aromatic rings. The molecule has 0 saturated heterocycles. The van der Waals surface area contributed by atoms with E-state index in [1.165, 1.54) is 38.8 Å². The van der Waals surface area contributed by atoms with E-state index in [0.29, 0.717) is 6.04 Å². The molecule has 1 nitrogen and oxygen atoms in total. The Balaban J connectivity index is 1.69. The average molecular weight is 351 g/mol. The van der Waals surface area contributed by atoms with E-state index < -0.39 is 0 Å². The predicted octanol–water partition coefficient (Wildman–Crippen LogP) is 7.36. The van der Waals surface area contributed by atoms with E-state index in [9.17, 15) is 0 Å². The number of fused-ring (bicyclic) bond motifs is 1. The van der Waals surface area contributed by atoms with Gasteiger partial charge in [0, 0.05) is 17.4 Å². The van der Waals surface area contributed by atoms with E-state index in [4.69, 9.17) is 0 Å². The van der Waals surface area contributed by atoms with E-state index in [1.807, 2.05) is 0 Å². The SMILES string of the molecule is Cc1cccc(N(c2ccc(-c3ccc4ccccc4c3)cc2)C(C)C)c1. The van der Waals surface area contributed by atoms with Crippen LogP contribution in [0.15, 0.2) is 91.0 Å². The number of aryl methyl sites for hydroxylation is 1. The van der Waals surface area contributed by atoms with Gasteiger partial charge in [-0.15, -0.1) is 0 Å². The lowest BCUT2D eigenvalue weighted by Crippen LogP contribution is -2.25. The van der Waals surface area contributed by atoms with Gasteiger partial charge in [-0.05, 0) is 78.6 Å². The lowest BCUT2D eigenvalue weighted by Gasteiger charge is -2.29. The van der Waals surface area contributed by atoms with Gasteiger partial charge in [0.15, 0.2) is 0 Å². The minimum atomic E-state index is 0.387. The second-order valence-electron chi connectivity index (χ2n) is 7.41. The van der Waals surface area contributed by atoms with Crippen LogP contribution in [0.1, 0.15) is 19.4 Å². The lowest BCUT2D eigenvalue weighted by molar-refractivity contribution is 0.788. The Hall–Kier alpha value is -3.06. The van der Waals surface area contributed by atoms with Crippen molar-refractivity contribution in [3.63, 3.8) is 0 Å². The van der Waals surface area contributed by atoms with Crippen molar-refractivity contribution in [2.75, 3.05) is 4.90 Å². The third kappa shape index (κ3) is 3.59. The highest BCUT2D eigenvalue weighted by atomic mass is 15.2. The Morgan fingerprint density at radius 3 is 2.00 bits per heavy atom. The molecule has 0 unspecified atom stereocenters. The molecule has 0 amide bonds. The maximum atomic E-state index is 2.39. The van der Waals surface area contributed by atoms with Crippen LogP contribution in [0.4, 0.5) is 11.4 Å². The summed E-state index contributed by atoms with van der Waals surface area (Å²) in [6.07, 6.45) is 0. The summed E-state index contributed by atoms with van der Waals surface area (Å²) in [7, 11) is 0. The first kappa shape index (κ1) is 17.4. The van der Waals surface area contributed by atoms with Crippen molar-refractivity contribution in [1.29, 1.82) is 0 Å². The van der Waals surface area contributed by atoms with Crippen molar-refractivity contribution in [3.8, 4) is 11.1 Å². The molecule has 0 fully saturated rings. The van der Waals surface area contributed by atoms with Crippen LogP contribution in [0.5, 0.6) is 0 Å². The van der Waals surface area contributed by atoms with Crippen LogP contribution in [0.25, 0.3) is 21.9 Å². The molecule has 0 heterocycles. The Labute approximate surface area is 161 Å². The molecule has 0 aliphatic heterocycles. The molecule has 0 spiro atoms. The number of hydrogen-bond donors (Lipinski definition) is 0. The fourth-order valence-corrected chi connectivity index (χ4v) is 3.71. The normalized spacial score (nSPS) is 11.1. The average Bonchev–Trinajstić information content (AvgIpc) is 2.68. The van der Waals surface area contributed by atoms with Crippen LogP contribution in [-0.4, -0.2) is 6.04 Å². The van der Waals surface area contributed by atoms with E-state index in [0.717, 1.165) is 0 Å². The minimum Gasteiger partial charge on any atom is -0.339 e. The minimum absolute atomic E-state index is 0.387. The smallest absolute Gasteiger partial charge is 0.0415 e. The van der Waals surface area contributed by atoms with E-state index >= 15 is 0 Å². The van der Waals surface area contributed by atoms with Gasteiger partial charge in [-0.1, -0.05) is 60.7 Å². The topological polar surface area (TPSA) is 3.24 Å². The zero-order valence-corrected chi connectivity index (χ0v) is 16.2. The van der Waals surface area contributed by atoms with Crippen LogP contribution in [0.2, 0.25) is 0 Å². The number of hydrogen-bond acceptors (Lipinski definition) is 1. The van der Waals surface area contributed by atoms with Gasteiger partial charge >= 0.3 is 0 Å². The van der Waals surface area contributed by atoms with Crippen LogP contribution in [0.3, 0.4) is 0 Å². The molecule has 0 bridgehead atoms. The quantitative estimate of drug-likeness (QED) is 0.371. The fraction of sp³-hybridized carbons (Fsp3) is 0.154. The monoisotopic (exact) mass is 351 g/mol. The second kappa shape index (κ2) is 7.28. The maximum absolute atomic E-state index is 2.39. The van der Waals surface area contributed by atoms with Crippen molar-refractivity contribution in [1.82, 2.24) is 0 Å². The van der Waals surface area contributed by atoms with Gasteiger partial charge in [0.2, 0.25) is 0 Å². The highest BCUT2D eigenvalue weighted by molar-refractivity contribution is 5.87. The summed E-state index contributed by atoms with van der Waals surface area (Å²) in [5, 5.41) is 2.56. The Morgan fingerprint density at radius 1 is 0.593 bits per heavy atom. The van der Waals surface area contributed by atoms with E-state index in [2.05, 4.69) is 117 Å². The van der Waals surface area contributed by atoms with Gasteiger partial charge in [0.25, 0.3) is 0 Å². The largest absolute Gasteiger partial charge is 0.339 e. The van der Waals surface area contributed by atoms with Gasteiger partial charge in [-0.2, -0.15) is 0 Å². The summed E-state index contributed by atoms with van der Waals surface area (Å²) in [5.41, 5.74) is 6.25. The number of benzene rings is 4. The molecule has 134 valence electrons.